The van der Waals surface area contributed by atoms with Crippen LogP contribution in [-0.4, -0.2) is 12.4 Å². The summed E-state index contributed by atoms with van der Waals surface area (Å²) in [4.78, 5) is 12.8. The number of benzene rings is 1. The second-order valence-electron chi connectivity index (χ2n) is 6.28. The van der Waals surface area contributed by atoms with Crippen molar-refractivity contribution in [2.75, 3.05) is 6.61 Å². The second kappa shape index (κ2) is 5.69. The number of rotatable bonds is 4. The molecule has 2 aliphatic rings. The van der Waals surface area contributed by atoms with Crippen LogP contribution >= 0.6 is 0 Å². The molecule has 1 atom stereocenters. The molecule has 0 saturated heterocycles. The quantitative estimate of drug-likeness (QED) is 0.820. The van der Waals surface area contributed by atoms with Crippen molar-refractivity contribution in [3.8, 4) is 0 Å². The monoisotopic (exact) mass is 272 g/mol. The lowest BCUT2D eigenvalue weighted by atomic mass is 9.76. The van der Waals surface area contributed by atoms with Crippen LogP contribution in [0.1, 0.15) is 62.7 Å². The van der Waals surface area contributed by atoms with Crippen LogP contribution in [0.2, 0.25) is 0 Å². The molecule has 1 aromatic carbocycles. The fourth-order valence-corrected chi connectivity index (χ4v) is 3.91. The topological polar surface area (TPSA) is 26.3 Å². The Hall–Kier alpha value is -1.15. The molecule has 1 aliphatic heterocycles. The maximum Gasteiger partial charge on any atom is 0.141 e. The third-order valence-corrected chi connectivity index (χ3v) is 5.29. The van der Waals surface area contributed by atoms with Crippen molar-refractivity contribution < 1.29 is 9.53 Å². The van der Waals surface area contributed by atoms with Gasteiger partial charge in [0.1, 0.15) is 5.78 Å². The van der Waals surface area contributed by atoms with Crippen LogP contribution < -0.4 is 0 Å². The molecular weight excluding hydrogens is 248 g/mol. The van der Waals surface area contributed by atoms with Crippen LogP contribution in [0.5, 0.6) is 0 Å². The molecule has 0 aromatic heterocycles. The number of carbonyl (C=O) groups is 1. The Morgan fingerprint density at radius 1 is 1.30 bits per heavy atom. The number of carbonyl (C=O) groups excluding carboxylic acids is 1. The molecule has 1 fully saturated rings. The lowest BCUT2D eigenvalue weighted by Gasteiger charge is -2.31. The smallest absolute Gasteiger partial charge is 0.141 e. The summed E-state index contributed by atoms with van der Waals surface area (Å²) < 4.78 is 5.90. The van der Waals surface area contributed by atoms with Gasteiger partial charge < -0.3 is 4.74 Å². The fraction of sp³-hybridized carbons (Fsp3) is 0.611. The molecule has 1 aliphatic carbocycles. The molecule has 0 radical (unpaired) electrons. The highest BCUT2D eigenvalue weighted by molar-refractivity contribution is 5.85. The van der Waals surface area contributed by atoms with Crippen LogP contribution in [0.25, 0.3) is 0 Å². The molecule has 0 bridgehead atoms. The number of Topliss-reactive ketones (excluding diaryl/α,β-unsaturated/α-hetero) is 1. The number of ketones is 1. The maximum atomic E-state index is 12.8. The minimum absolute atomic E-state index is 0.0172. The molecule has 0 spiro atoms. The van der Waals surface area contributed by atoms with Crippen molar-refractivity contribution in [1.29, 1.82) is 0 Å². The summed E-state index contributed by atoms with van der Waals surface area (Å²) in [7, 11) is 0. The van der Waals surface area contributed by atoms with E-state index in [4.69, 9.17) is 4.74 Å². The summed E-state index contributed by atoms with van der Waals surface area (Å²) in [6.07, 6.45) is 7.08. The van der Waals surface area contributed by atoms with Crippen LogP contribution in [0.4, 0.5) is 0 Å². The summed E-state index contributed by atoms with van der Waals surface area (Å²) in [6, 6.07) is 8.42. The highest BCUT2D eigenvalue weighted by Gasteiger charge is 2.40. The zero-order chi connectivity index (χ0) is 14.0. The molecule has 1 saturated carbocycles. The van der Waals surface area contributed by atoms with E-state index in [0.717, 1.165) is 32.3 Å². The molecule has 1 aromatic rings. The first kappa shape index (κ1) is 13.8. The minimum Gasteiger partial charge on any atom is -0.373 e. The SMILES string of the molecule is CCC1(C(=O)CC2OCCc3ccccc32)CCCC1. The van der Waals surface area contributed by atoms with E-state index < -0.39 is 0 Å². The predicted octanol–water partition coefficient (Wildman–Crippen LogP) is 4.23. The molecular formula is C18H24O2. The van der Waals surface area contributed by atoms with Crippen LogP contribution in [0.15, 0.2) is 24.3 Å². The largest absolute Gasteiger partial charge is 0.373 e. The molecule has 3 rings (SSSR count). The van der Waals surface area contributed by atoms with Gasteiger partial charge in [0.15, 0.2) is 0 Å². The van der Waals surface area contributed by atoms with Gasteiger partial charge in [-0.3, -0.25) is 4.79 Å². The van der Waals surface area contributed by atoms with E-state index in [9.17, 15) is 4.79 Å². The van der Waals surface area contributed by atoms with Crippen molar-refractivity contribution in [2.24, 2.45) is 5.41 Å². The van der Waals surface area contributed by atoms with Crippen LogP contribution in [-0.2, 0) is 16.0 Å². The van der Waals surface area contributed by atoms with Gasteiger partial charge in [-0.2, -0.15) is 0 Å². The van der Waals surface area contributed by atoms with Gasteiger partial charge >= 0.3 is 0 Å². The average Bonchev–Trinajstić information content (AvgIpc) is 2.98. The van der Waals surface area contributed by atoms with Crippen molar-refractivity contribution >= 4 is 5.78 Å². The Morgan fingerprint density at radius 2 is 2.05 bits per heavy atom. The van der Waals surface area contributed by atoms with E-state index in [1.165, 1.54) is 24.0 Å². The zero-order valence-corrected chi connectivity index (χ0v) is 12.4. The Balaban J connectivity index is 1.77. The van der Waals surface area contributed by atoms with E-state index in [1.807, 2.05) is 0 Å². The summed E-state index contributed by atoms with van der Waals surface area (Å²) in [6.45, 7) is 2.91. The fourth-order valence-electron chi connectivity index (χ4n) is 3.91. The first-order chi connectivity index (χ1) is 9.75. The normalized spacial score (nSPS) is 24.4. The van der Waals surface area contributed by atoms with Gasteiger partial charge in [0, 0.05) is 11.8 Å². The highest BCUT2D eigenvalue weighted by Crippen LogP contribution is 2.44. The standard InChI is InChI=1S/C18H24O2/c1-2-18(10-5-6-11-18)17(19)13-16-15-8-4-3-7-14(15)9-12-20-16/h3-4,7-8,16H,2,5-6,9-13H2,1H3. The van der Waals surface area contributed by atoms with Gasteiger partial charge in [0.25, 0.3) is 0 Å². The van der Waals surface area contributed by atoms with Crippen molar-refractivity contribution in [1.82, 2.24) is 0 Å². The molecule has 2 nitrogen and oxygen atoms in total. The lowest BCUT2D eigenvalue weighted by molar-refractivity contribution is -0.132. The Morgan fingerprint density at radius 3 is 2.80 bits per heavy atom. The van der Waals surface area contributed by atoms with Gasteiger partial charge in [0.2, 0.25) is 0 Å². The van der Waals surface area contributed by atoms with Gasteiger partial charge in [-0.1, -0.05) is 44.0 Å². The number of hydrogen-bond donors (Lipinski definition) is 0. The summed E-state index contributed by atoms with van der Waals surface area (Å²) in [5, 5.41) is 0. The maximum absolute atomic E-state index is 12.8. The Labute approximate surface area is 121 Å². The molecule has 1 unspecified atom stereocenters. The first-order valence-electron chi connectivity index (χ1n) is 7.98. The molecule has 0 N–H and O–H groups in total. The van der Waals surface area contributed by atoms with E-state index in [2.05, 4.69) is 31.2 Å². The minimum atomic E-state index is -0.0459. The third kappa shape index (κ3) is 2.42. The van der Waals surface area contributed by atoms with Crippen molar-refractivity contribution in [3.63, 3.8) is 0 Å². The number of fused-ring (bicyclic) bond motifs is 1. The van der Waals surface area contributed by atoms with Crippen molar-refractivity contribution in [3.05, 3.63) is 35.4 Å². The molecule has 108 valence electrons. The van der Waals surface area contributed by atoms with E-state index in [-0.39, 0.29) is 11.5 Å². The van der Waals surface area contributed by atoms with Crippen molar-refractivity contribution in [2.45, 2.75) is 58.0 Å². The van der Waals surface area contributed by atoms with Gasteiger partial charge in [0.05, 0.1) is 12.7 Å². The van der Waals surface area contributed by atoms with Crippen LogP contribution in [0.3, 0.4) is 0 Å². The summed E-state index contributed by atoms with van der Waals surface area (Å²) in [5.74, 6) is 0.430. The Bertz CT molecular complexity index is 486. The number of hydrogen-bond acceptors (Lipinski definition) is 2. The first-order valence-corrected chi connectivity index (χ1v) is 7.98. The Kier molecular flexibility index (Phi) is 3.93. The third-order valence-electron chi connectivity index (χ3n) is 5.29. The predicted molar refractivity (Wildman–Crippen MR) is 79.7 cm³/mol. The summed E-state index contributed by atoms with van der Waals surface area (Å²) >= 11 is 0. The van der Waals surface area contributed by atoms with Gasteiger partial charge in [-0.25, -0.2) is 0 Å². The van der Waals surface area contributed by atoms with E-state index >= 15 is 0 Å². The second-order valence-corrected chi connectivity index (χ2v) is 6.28. The molecule has 1 heterocycles. The molecule has 0 amide bonds. The molecule has 2 heteroatoms. The van der Waals surface area contributed by atoms with Crippen LogP contribution in [0, 0.1) is 5.41 Å². The van der Waals surface area contributed by atoms with E-state index in [1.54, 1.807) is 0 Å². The van der Waals surface area contributed by atoms with Gasteiger partial charge in [-0.15, -0.1) is 0 Å². The van der Waals surface area contributed by atoms with Gasteiger partial charge in [-0.05, 0) is 36.8 Å². The number of ether oxygens (including phenoxy) is 1. The average molecular weight is 272 g/mol. The molecule has 20 heavy (non-hydrogen) atoms. The summed E-state index contributed by atoms with van der Waals surface area (Å²) in [5.41, 5.74) is 2.54. The highest BCUT2D eigenvalue weighted by atomic mass is 16.5. The lowest BCUT2D eigenvalue weighted by Crippen LogP contribution is -2.30. The zero-order valence-electron chi connectivity index (χ0n) is 12.4. The van der Waals surface area contributed by atoms with E-state index in [0.29, 0.717) is 12.2 Å².